The number of terminal acetylenes is 1. The molecule has 0 atom stereocenters. The average Bonchev–Trinajstić information content (AvgIpc) is 3.03. The number of phenols is 1. The predicted octanol–water partition coefficient (Wildman–Crippen LogP) is 6.22. The van der Waals surface area contributed by atoms with Crippen molar-refractivity contribution < 1.29 is 24.1 Å². The number of ether oxygens (including phenoxy) is 2. The number of hydrogen-bond donors (Lipinski definition) is 2. The van der Waals surface area contributed by atoms with E-state index >= 15 is 0 Å². The smallest absolute Gasteiger partial charge is 0.165 e. The maximum absolute atomic E-state index is 14.5. The highest BCUT2D eigenvalue weighted by Crippen LogP contribution is 2.26. The molecule has 1 saturated heterocycles. The van der Waals surface area contributed by atoms with Crippen LogP contribution in [0.25, 0.3) is 0 Å². The number of benzene rings is 3. The fourth-order valence-corrected chi connectivity index (χ4v) is 5.40. The van der Waals surface area contributed by atoms with E-state index in [2.05, 4.69) is 17.7 Å². The third-order valence-electron chi connectivity index (χ3n) is 7.60. The van der Waals surface area contributed by atoms with Gasteiger partial charge in [-0.1, -0.05) is 24.6 Å². The van der Waals surface area contributed by atoms with Gasteiger partial charge in [-0.2, -0.15) is 0 Å². The monoisotopic (exact) mass is 576 g/mol. The Hall–Kier alpha value is -3.73. The summed E-state index contributed by atoms with van der Waals surface area (Å²) in [7, 11) is 1.62. The van der Waals surface area contributed by atoms with Gasteiger partial charge in [0.05, 0.1) is 13.7 Å². The molecule has 0 aromatic heterocycles. The largest absolute Gasteiger partial charge is 0.508 e. The zero-order chi connectivity index (χ0) is 30.2. The van der Waals surface area contributed by atoms with Gasteiger partial charge >= 0.3 is 0 Å². The van der Waals surface area contributed by atoms with E-state index in [1.165, 1.54) is 55.7 Å². The van der Waals surface area contributed by atoms with Crippen LogP contribution in [0.4, 0.5) is 10.1 Å². The highest BCUT2D eigenvalue weighted by molar-refractivity contribution is 5.51. The lowest BCUT2D eigenvalue weighted by atomic mass is 9.92. The van der Waals surface area contributed by atoms with Crippen molar-refractivity contribution in [2.24, 2.45) is 0 Å². The Morgan fingerprint density at radius 3 is 2.38 bits per heavy atom. The van der Waals surface area contributed by atoms with Crippen LogP contribution < -0.4 is 14.4 Å². The van der Waals surface area contributed by atoms with Gasteiger partial charge in [0, 0.05) is 31.4 Å². The highest BCUT2D eigenvalue weighted by Gasteiger charge is 2.13. The molecule has 7 heteroatoms. The molecule has 6 nitrogen and oxygen atoms in total. The second-order valence-electron chi connectivity index (χ2n) is 10.5. The molecule has 5 rings (SSSR count). The topological polar surface area (TPSA) is 65.4 Å². The number of aryl methyl sites for hydroxylation is 2. The van der Waals surface area contributed by atoms with Crippen LogP contribution in [-0.4, -0.2) is 61.6 Å². The molecular weight excluding hydrogens is 531 g/mol. The minimum absolute atomic E-state index is 0.0113. The summed E-state index contributed by atoms with van der Waals surface area (Å²) in [6.45, 7) is 4.49. The molecule has 42 heavy (non-hydrogen) atoms. The third kappa shape index (κ3) is 10.3. The summed E-state index contributed by atoms with van der Waals surface area (Å²) in [5, 5.41) is 18.6. The van der Waals surface area contributed by atoms with Crippen molar-refractivity contribution in [3.8, 4) is 30.1 Å². The molecular formula is C35H45FN2O4. The van der Waals surface area contributed by atoms with Crippen molar-refractivity contribution >= 4 is 5.69 Å². The zero-order valence-corrected chi connectivity index (χ0v) is 24.8. The maximum atomic E-state index is 14.5. The van der Waals surface area contributed by atoms with Gasteiger partial charge in [0.2, 0.25) is 0 Å². The number of rotatable bonds is 10. The third-order valence-corrected chi connectivity index (χ3v) is 7.60. The molecule has 2 N–H and O–H groups in total. The molecule has 1 fully saturated rings. The molecule has 0 saturated carbocycles. The lowest BCUT2D eigenvalue weighted by molar-refractivity contribution is 0.180. The maximum Gasteiger partial charge on any atom is 0.165 e. The molecule has 0 spiro atoms. The minimum atomic E-state index is -0.351. The number of aliphatic hydroxyl groups is 1. The van der Waals surface area contributed by atoms with Crippen LogP contribution in [0.5, 0.6) is 17.2 Å². The first-order valence-corrected chi connectivity index (χ1v) is 14.8. The minimum Gasteiger partial charge on any atom is -0.508 e. The number of aromatic hydroxyl groups is 1. The summed E-state index contributed by atoms with van der Waals surface area (Å²) in [5.41, 5.74) is 4.51. The molecule has 0 unspecified atom stereocenters. The molecule has 1 aliphatic heterocycles. The summed E-state index contributed by atoms with van der Waals surface area (Å²) < 4.78 is 25.5. The lowest BCUT2D eigenvalue weighted by Crippen LogP contribution is -2.33. The van der Waals surface area contributed by atoms with Crippen molar-refractivity contribution in [2.75, 3.05) is 51.4 Å². The summed E-state index contributed by atoms with van der Waals surface area (Å²) in [6.07, 6.45) is 16.7. The van der Waals surface area contributed by atoms with E-state index in [0.717, 1.165) is 43.1 Å². The van der Waals surface area contributed by atoms with Gasteiger partial charge in [-0.05, 0) is 105 Å². The molecule has 2 aliphatic rings. The Balaban J connectivity index is 0.000000308. The fourth-order valence-electron chi connectivity index (χ4n) is 5.40. The number of anilines is 1. The number of likely N-dealkylation sites (tertiary alicyclic amines) is 1. The van der Waals surface area contributed by atoms with Gasteiger partial charge < -0.3 is 24.6 Å². The number of nitrogens with zero attached hydrogens (tertiary/aromatic N) is 2. The molecule has 1 heterocycles. The van der Waals surface area contributed by atoms with E-state index in [4.69, 9.17) is 9.47 Å². The number of halogens is 1. The van der Waals surface area contributed by atoms with Crippen molar-refractivity contribution in [3.63, 3.8) is 0 Å². The highest BCUT2D eigenvalue weighted by atomic mass is 19.1. The number of methoxy groups -OCH3 is 1. The Morgan fingerprint density at radius 1 is 0.905 bits per heavy atom. The van der Waals surface area contributed by atoms with Crippen LogP contribution in [0.15, 0.2) is 60.7 Å². The molecule has 3 aromatic rings. The van der Waals surface area contributed by atoms with Crippen molar-refractivity contribution in [3.05, 3.63) is 83.2 Å². The van der Waals surface area contributed by atoms with Gasteiger partial charge in [0.15, 0.2) is 11.6 Å². The first-order chi connectivity index (χ1) is 20.6. The van der Waals surface area contributed by atoms with Gasteiger partial charge in [-0.15, -0.1) is 12.8 Å². The van der Waals surface area contributed by atoms with Crippen LogP contribution in [-0.2, 0) is 19.4 Å². The van der Waals surface area contributed by atoms with E-state index in [1.54, 1.807) is 19.2 Å². The summed E-state index contributed by atoms with van der Waals surface area (Å²) in [6, 6.07) is 18.4. The van der Waals surface area contributed by atoms with E-state index in [0.29, 0.717) is 31.2 Å². The van der Waals surface area contributed by atoms with Crippen molar-refractivity contribution in [1.82, 2.24) is 4.90 Å². The lowest BCUT2D eigenvalue weighted by Gasteiger charge is -2.26. The van der Waals surface area contributed by atoms with Crippen LogP contribution in [0.2, 0.25) is 0 Å². The Labute approximate surface area is 250 Å². The van der Waals surface area contributed by atoms with E-state index in [-0.39, 0.29) is 12.4 Å². The van der Waals surface area contributed by atoms with Crippen molar-refractivity contribution in [2.45, 2.75) is 51.5 Å². The first-order valence-electron chi connectivity index (χ1n) is 14.8. The molecule has 0 bridgehead atoms. The zero-order valence-electron chi connectivity index (χ0n) is 24.8. The number of fused-ring (bicyclic) bond motifs is 1. The van der Waals surface area contributed by atoms with E-state index in [9.17, 15) is 14.6 Å². The van der Waals surface area contributed by atoms with Crippen LogP contribution in [0, 0.1) is 18.7 Å². The number of phenolic OH excluding ortho intramolecular Hbond substituents is 1. The van der Waals surface area contributed by atoms with Crippen molar-refractivity contribution in [1.29, 1.82) is 0 Å². The summed E-state index contributed by atoms with van der Waals surface area (Å²) in [5.74, 6) is 1.09. The molecule has 3 aromatic carbocycles. The number of hydrogen-bond acceptors (Lipinski definition) is 6. The molecule has 1 aliphatic carbocycles. The van der Waals surface area contributed by atoms with Crippen LogP contribution in [0.3, 0.4) is 0 Å². The SMILES string of the molecule is C#C.COc1cccc(N(CCO)Cc2ccc(OCCN3CCCCC3)c(F)c2)c1.Oc1ccc2c(c1)CCCC2. The number of piperidine rings is 1. The normalized spacial score (nSPS) is 14.3. The first kappa shape index (κ1) is 32.8. The second kappa shape index (κ2) is 17.9. The Bertz CT molecular complexity index is 1240. The Kier molecular flexibility index (Phi) is 14.0. The van der Waals surface area contributed by atoms with Gasteiger partial charge in [0.1, 0.15) is 18.1 Å². The number of aliphatic hydroxyl groups excluding tert-OH is 1. The molecule has 0 amide bonds. The standard InChI is InChI=1S/C23H31FN2O3.C10H12O.C2H2/c1-28-21-7-5-6-20(17-21)26(12-14-27)18-19-8-9-23(22(24)16-19)29-15-13-25-10-3-2-4-11-25;11-10-6-5-8-3-1-2-4-9(8)7-10;1-2/h5-9,16-17,27H,2-4,10-15,18H2,1H3;5-7,11H,1-4H2;1-2H. The average molecular weight is 577 g/mol. The fraction of sp³-hybridized carbons (Fsp3) is 0.429. The van der Waals surface area contributed by atoms with Gasteiger partial charge in [-0.3, -0.25) is 4.90 Å². The second-order valence-corrected chi connectivity index (χ2v) is 10.5. The van der Waals surface area contributed by atoms with E-state index in [1.807, 2.05) is 47.4 Å². The molecule has 226 valence electrons. The Morgan fingerprint density at radius 2 is 1.67 bits per heavy atom. The van der Waals surface area contributed by atoms with E-state index < -0.39 is 0 Å². The van der Waals surface area contributed by atoms with Gasteiger partial charge in [-0.25, -0.2) is 4.39 Å². The van der Waals surface area contributed by atoms with Gasteiger partial charge in [0.25, 0.3) is 0 Å². The van der Waals surface area contributed by atoms with Crippen LogP contribution >= 0.6 is 0 Å². The summed E-state index contributed by atoms with van der Waals surface area (Å²) >= 11 is 0. The quantitative estimate of drug-likeness (QED) is 0.280. The van der Waals surface area contributed by atoms with Crippen LogP contribution in [0.1, 0.15) is 48.8 Å². The molecule has 0 radical (unpaired) electrons. The summed E-state index contributed by atoms with van der Waals surface area (Å²) in [4.78, 5) is 4.37. The predicted molar refractivity (Wildman–Crippen MR) is 168 cm³/mol.